The number of aliphatic hydroxyl groups is 1. The number of hydrogen-bond donors (Lipinski definition) is 1. The summed E-state index contributed by atoms with van der Waals surface area (Å²) in [5.41, 5.74) is -2.94. The molecular formula is C55H73N3O16S3. The number of hydrogen-bond acceptors (Lipinski definition) is 19. The molecule has 9 rings (SSSR count). The molecule has 0 radical (unpaired) electrons. The van der Waals surface area contributed by atoms with Gasteiger partial charge in [-0.05, 0) is 41.5 Å². The summed E-state index contributed by atoms with van der Waals surface area (Å²) in [6, 6.07) is 0. The highest BCUT2D eigenvalue weighted by Crippen LogP contribution is 2.73. The van der Waals surface area contributed by atoms with Crippen molar-refractivity contribution in [2.24, 2.45) is 0 Å². The Balaban J connectivity index is 1.44. The Kier molecular flexibility index (Phi) is 14.3. The molecule has 0 aromatic heterocycles. The van der Waals surface area contributed by atoms with Gasteiger partial charge in [-0.2, -0.15) is 0 Å². The van der Waals surface area contributed by atoms with Gasteiger partial charge in [0.05, 0.1) is 33.9 Å². The highest BCUT2D eigenvalue weighted by molar-refractivity contribution is 8.00. The zero-order valence-corrected chi connectivity index (χ0v) is 50.0. The van der Waals surface area contributed by atoms with Crippen LogP contribution in [0.2, 0.25) is 0 Å². The van der Waals surface area contributed by atoms with Crippen LogP contribution in [0.1, 0.15) is 141 Å². The van der Waals surface area contributed by atoms with Gasteiger partial charge in [0.1, 0.15) is 14.7 Å². The van der Waals surface area contributed by atoms with Gasteiger partial charge in [0, 0.05) is 122 Å². The minimum atomic E-state index is -2.74. The molecule has 3 aromatic rings. The topological polar surface area (TPSA) is 192 Å². The van der Waals surface area contributed by atoms with Crippen LogP contribution in [0.5, 0.6) is 69.0 Å². The first-order valence-corrected chi connectivity index (χ1v) is 29.3. The maximum absolute atomic E-state index is 15.6. The lowest BCUT2D eigenvalue weighted by Gasteiger charge is -2.35. The molecule has 422 valence electrons. The second-order valence-corrected chi connectivity index (χ2v) is 24.9. The van der Waals surface area contributed by atoms with Crippen molar-refractivity contribution in [2.45, 2.75) is 180 Å². The summed E-state index contributed by atoms with van der Waals surface area (Å²) in [5, 5.41) is 15.6. The van der Waals surface area contributed by atoms with E-state index in [0.717, 1.165) is 0 Å². The minimum absolute atomic E-state index is 0.00730. The molecular weight excluding hydrogens is 1050 g/mol. The number of thioether (sulfide) groups is 3. The molecule has 0 saturated carbocycles. The number of carbonyl (C=O) groups excluding carboxylic acids is 3. The molecule has 0 unspecified atom stereocenters. The fourth-order valence-electron chi connectivity index (χ4n) is 10.3. The quantitative estimate of drug-likeness (QED) is 0.0934. The Bertz CT molecular complexity index is 2480. The molecule has 19 nitrogen and oxygen atoms in total. The second-order valence-electron chi connectivity index (χ2n) is 22.0. The molecule has 3 amide bonds. The van der Waals surface area contributed by atoms with Crippen molar-refractivity contribution in [3.63, 3.8) is 0 Å². The van der Waals surface area contributed by atoms with E-state index >= 15 is 5.11 Å². The first-order chi connectivity index (χ1) is 35.9. The molecule has 22 heteroatoms. The molecule has 6 heterocycles. The SMILES string of the molecule is CCN(CC)C(=O)CSc1c2c(c(C(O)(c3c4c(c(SCC(=O)N(CC)CC)c5c3OC(C)(C)O5)OC(C)(C)O4)c3c4c(c(SCC(=O)N(CC)CC)c5c3OC(C)(C)O5)OC(C)(C)O4)c3c1OC(C)(C)O3)OC(C)(C)O2. The maximum Gasteiger partial charge on any atom is 0.246 e. The van der Waals surface area contributed by atoms with Crippen LogP contribution in [-0.4, -0.2) is 129 Å². The Hall–Kier alpha value is -5.32. The molecule has 0 bridgehead atoms. The Morgan fingerprint density at radius 1 is 0.338 bits per heavy atom. The standard InChI is InChI=1S/C55H73N3O16S3/c1-19-56(20-2)28(59)25-75-46-40-34(63-49(7,8)69-40)31(35-41(46)70-50(9,10)64-35)55(62,32-36-42(71-51(11,12)65-36)47(43-37(32)66-52(13,14)72-43)76-26-29(60)57(21-3)22-4)33-38-44(73-53(15,16)67-38)48(45-39(33)68-54(17,18)74-45)77-27-30(61)58(23-5)24-6/h62H,19-27H2,1-18H3. The zero-order valence-electron chi connectivity index (χ0n) is 47.5. The highest BCUT2D eigenvalue weighted by atomic mass is 32.2. The third kappa shape index (κ3) is 9.88. The first-order valence-electron chi connectivity index (χ1n) is 26.3. The van der Waals surface area contributed by atoms with Crippen LogP contribution in [0.3, 0.4) is 0 Å². The number of nitrogens with zero attached hydrogens (tertiary/aromatic N) is 3. The fraction of sp³-hybridized carbons (Fsp3) is 0.618. The van der Waals surface area contributed by atoms with E-state index in [2.05, 4.69) is 0 Å². The molecule has 0 fully saturated rings. The number of fused-ring (bicyclic) bond motifs is 6. The van der Waals surface area contributed by atoms with Gasteiger partial charge >= 0.3 is 0 Å². The number of amides is 3. The summed E-state index contributed by atoms with van der Waals surface area (Å²) >= 11 is 3.57. The smallest absolute Gasteiger partial charge is 0.246 e. The summed E-state index contributed by atoms with van der Waals surface area (Å²) in [6.45, 7) is 35.2. The van der Waals surface area contributed by atoms with Gasteiger partial charge in [0.15, 0.2) is 74.6 Å². The largest absolute Gasteiger partial charge is 0.448 e. The van der Waals surface area contributed by atoms with Crippen LogP contribution in [0.4, 0.5) is 0 Å². The predicted octanol–water partition coefficient (Wildman–Crippen LogP) is 9.90. The number of rotatable bonds is 18. The van der Waals surface area contributed by atoms with Crippen molar-refractivity contribution in [1.29, 1.82) is 0 Å². The molecule has 6 aliphatic rings. The van der Waals surface area contributed by atoms with Crippen molar-refractivity contribution >= 4 is 53.0 Å². The van der Waals surface area contributed by atoms with Gasteiger partial charge in [-0.3, -0.25) is 14.4 Å². The number of benzene rings is 3. The highest BCUT2D eigenvalue weighted by Gasteiger charge is 2.62. The van der Waals surface area contributed by atoms with Crippen molar-refractivity contribution in [3.05, 3.63) is 16.7 Å². The summed E-state index contributed by atoms with van der Waals surface area (Å²) < 4.78 is 82.3. The monoisotopic (exact) mass is 1130 g/mol. The van der Waals surface area contributed by atoms with Crippen LogP contribution < -0.4 is 56.8 Å². The van der Waals surface area contributed by atoms with Gasteiger partial charge in [-0.25, -0.2) is 0 Å². The van der Waals surface area contributed by atoms with E-state index < -0.39 is 40.3 Å². The first kappa shape index (κ1) is 56.4. The van der Waals surface area contributed by atoms with E-state index in [0.29, 0.717) is 54.0 Å². The summed E-state index contributed by atoms with van der Waals surface area (Å²) in [6.07, 6.45) is 0. The van der Waals surface area contributed by atoms with E-state index in [4.69, 9.17) is 56.8 Å². The lowest BCUT2D eigenvalue weighted by atomic mass is 9.76. The Morgan fingerprint density at radius 3 is 0.649 bits per heavy atom. The average Bonchev–Trinajstić information content (AvgIpc) is 4.17. The van der Waals surface area contributed by atoms with Crippen LogP contribution in [0.15, 0.2) is 14.7 Å². The van der Waals surface area contributed by atoms with E-state index in [1.165, 1.54) is 35.3 Å². The zero-order chi connectivity index (χ0) is 56.3. The molecule has 0 atom stereocenters. The van der Waals surface area contributed by atoms with Crippen molar-refractivity contribution in [1.82, 2.24) is 14.7 Å². The molecule has 3 aromatic carbocycles. The molecule has 1 N–H and O–H groups in total. The molecule has 0 spiro atoms. The van der Waals surface area contributed by atoms with Crippen molar-refractivity contribution < 1.29 is 76.3 Å². The molecule has 6 aliphatic heterocycles. The van der Waals surface area contributed by atoms with Crippen LogP contribution in [0, 0.1) is 0 Å². The van der Waals surface area contributed by atoms with Gasteiger partial charge in [-0.1, -0.05) is 0 Å². The van der Waals surface area contributed by atoms with Crippen LogP contribution in [-0.2, 0) is 20.0 Å². The van der Waals surface area contributed by atoms with Gasteiger partial charge < -0.3 is 76.6 Å². The predicted molar refractivity (Wildman–Crippen MR) is 289 cm³/mol. The van der Waals surface area contributed by atoms with Crippen LogP contribution in [0.25, 0.3) is 0 Å². The third-order valence-electron chi connectivity index (χ3n) is 13.5. The maximum atomic E-state index is 15.6. The average molecular weight is 1130 g/mol. The second kappa shape index (κ2) is 19.5. The van der Waals surface area contributed by atoms with E-state index in [1.807, 2.05) is 41.5 Å². The lowest BCUT2D eigenvalue weighted by molar-refractivity contribution is -0.128. The summed E-state index contributed by atoms with van der Waals surface area (Å²) in [5.74, 6) is -7.76. The van der Waals surface area contributed by atoms with Gasteiger partial charge in [0.25, 0.3) is 0 Å². The number of ether oxygens (including phenoxy) is 12. The number of carbonyl (C=O) groups is 3. The summed E-state index contributed by atoms with van der Waals surface area (Å²) in [7, 11) is 0. The normalized spacial score (nSPS) is 18.9. The van der Waals surface area contributed by atoms with Crippen LogP contribution >= 0.6 is 35.3 Å². The van der Waals surface area contributed by atoms with Crippen molar-refractivity contribution in [3.8, 4) is 69.0 Å². The summed E-state index contributed by atoms with van der Waals surface area (Å²) in [4.78, 5) is 47.8. The molecule has 0 saturated heterocycles. The third-order valence-corrected chi connectivity index (χ3v) is 16.6. The molecule has 0 aliphatic carbocycles. The Morgan fingerprint density at radius 2 is 0.494 bits per heavy atom. The van der Waals surface area contributed by atoms with E-state index in [-0.39, 0.29) is 121 Å². The molecule has 77 heavy (non-hydrogen) atoms. The lowest BCUT2D eigenvalue weighted by Crippen LogP contribution is -2.36. The van der Waals surface area contributed by atoms with E-state index in [1.54, 1.807) is 97.8 Å². The van der Waals surface area contributed by atoms with Gasteiger partial charge in [-0.15, -0.1) is 35.3 Å². The Labute approximate surface area is 463 Å². The van der Waals surface area contributed by atoms with Gasteiger partial charge in [0.2, 0.25) is 52.4 Å². The minimum Gasteiger partial charge on any atom is -0.448 e. The van der Waals surface area contributed by atoms with Crippen molar-refractivity contribution in [2.75, 3.05) is 56.5 Å². The fourth-order valence-corrected chi connectivity index (χ4v) is 13.2. The van der Waals surface area contributed by atoms with E-state index in [9.17, 15) is 14.4 Å².